The van der Waals surface area contributed by atoms with Crippen LogP contribution in [0.5, 0.6) is 0 Å². The second kappa shape index (κ2) is 6.61. The molecule has 0 bridgehead atoms. The highest BCUT2D eigenvalue weighted by atomic mass is 32.2. The lowest BCUT2D eigenvalue weighted by Crippen LogP contribution is -2.22. The van der Waals surface area contributed by atoms with Gasteiger partial charge in [-0.05, 0) is 29.6 Å². The molecule has 3 rings (SSSR count). The molecule has 0 saturated heterocycles. The molecule has 2 heterocycles. The number of hydrazone groups is 1. The Hall–Kier alpha value is -2.45. The predicted octanol–water partition coefficient (Wildman–Crippen LogP) is 1.22. The molecule has 1 aromatic heterocycles. The Morgan fingerprint density at radius 3 is 2.37 bits per heavy atom. The Balaban J connectivity index is 2.14. The Morgan fingerprint density at radius 1 is 1.11 bits per heavy atom. The number of hydrogen-bond donors (Lipinski definition) is 2. The zero-order valence-corrected chi connectivity index (χ0v) is 15.6. The third-order valence-electron chi connectivity index (χ3n) is 3.56. The second-order valence-corrected chi connectivity index (χ2v) is 8.94. The van der Waals surface area contributed by atoms with Crippen LogP contribution in [0.3, 0.4) is 0 Å². The van der Waals surface area contributed by atoms with E-state index in [2.05, 4.69) is 5.10 Å². The first-order valence-corrected chi connectivity index (χ1v) is 10.9. The van der Waals surface area contributed by atoms with Crippen LogP contribution >= 0.6 is 11.3 Å². The maximum Gasteiger partial charge on any atom is 0.296 e. The molecule has 1 aromatic carbocycles. The number of carbonyl (C=O) groups is 2. The van der Waals surface area contributed by atoms with Crippen molar-refractivity contribution in [2.75, 3.05) is 5.01 Å². The molecule has 27 heavy (non-hydrogen) atoms. The Morgan fingerprint density at radius 2 is 1.81 bits per heavy atom. The summed E-state index contributed by atoms with van der Waals surface area (Å²) in [6.45, 7) is 0. The molecular formula is C14H10N2O8S3. The van der Waals surface area contributed by atoms with Crippen molar-refractivity contribution in [1.82, 2.24) is 0 Å². The van der Waals surface area contributed by atoms with E-state index < -0.39 is 53.8 Å². The van der Waals surface area contributed by atoms with Gasteiger partial charge < -0.3 is 0 Å². The minimum Gasteiger partial charge on any atom is -0.287 e. The van der Waals surface area contributed by atoms with Crippen LogP contribution in [0.2, 0.25) is 0 Å². The van der Waals surface area contributed by atoms with Gasteiger partial charge in [0.25, 0.3) is 26.1 Å². The number of anilines is 1. The highest BCUT2D eigenvalue weighted by Crippen LogP contribution is 2.31. The summed E-state index contributed by atoms with van der Waals surface area (Å²) >= 11 is 1.25. The third kappa shape index (κ3) is 3.81. The molecule has 0 fully saturated rings. The number of Topliss-reactive ketones (excluding diaryl/α,β-unsaturated/α-hetero) is 1. The van der Waals surface area contributed by atoms with Gasteiger partial charge in [0.15, 0.2) is 0 Å². The van der Waals surface area contributed by atoms with Crippen molar-refractivity contribution in [3.8, 4) is 0 Å². The van der Waals surface area contributed by atoms with Gasteiger partial charge in [0.05, 0.1) is 17.0 Å². The van der Waals surface area contributed by atoms with Crippen molar-refractivity contribution in [2.24, 2.45) is 5.10 Å². The summed E-state index contributed by atoms with van der Waals surface area (Å²) < 4.78 is 64.3. The number of nitrogens with zero attached hydrogens (tertiary/aromatic N) is 2. The van der Waals surface area contributed by atoms with E-state index in [1.54, 1.807) is 10.8 Å². The van der Waals surface area contributed by atoms with Crippen molar-refractivity contribution >= 4 is 54.7 Å². The van der Waals surface area contributed by atoms with E-state index >= 15 is 0 Å². The van der Waals surface area contributed by atoms with Crippen LogP contribution < -0.4 is 5.01 Å². The summed E-state index contributed by atoms with van der Waals surface area (Å²) in [7, 11) is -9.59. The van der Waals surface area contributed by atoms with Gasteiger partial charge in [-0.2, -0.15) is 38.3 Å². The van der Waals surface area contributed by atoms with Crippen molar-refractivity contribution < 1.29 is 35.5 Å². The predicted molar refractivity (Wildman–Crippen MR) is 94.3 cm³/mol. The van der Waals surface area contributed by atoms with Crippen LogP contribution in [0.15, 0.2) is 49.9 Å². The van der Waals surface area contributed by atoms with Gasteiger partial charge >= 0.3 is 0 Å². The van der Waals surface area contributed by atoms with Gasteiger partial charge in [0.1, 0.15) is 10.6 Å². The third-order valence-corrected chi connectivity index (χ3v) is 5.99. The van der Waals surface area contributed by atoms with Gasteiger partial charge in [0.2, 0.25) is 5.78 Å². The lowest BCUT2D eigenvalue weighted by Gasteiger charge is -2.15. The van der Waals surface area contributed by atoms with Crippen molar-refractivity contribution in [3.63, 3.8) is 0 Å². The normalized spacial score (nSPS) is 15.1. The molecule has 1 amide bonds. The molecule has 13 heteroatoms. The monoisotopic (exact) mass is 430 g/mol. The molecule has 142 valence electrons. The van der Waals surface area contributed by atoms with E-state index in [4.69, 9.17) is 4.55 Å². The first-order chi connectivity index (χ1) is 12.5. The Kier molecular flexibility index (Phi) is 4.73. The topological polar surface area (TPSA) is 158 Å². The number of hydrogen-bond acceptors (Lipinski definition) is 8. The molecule has 10 nitrogen and oxygen atoms in total. The fourth-order valence-electron chi connectivity index (χ4n) is 2.35. The fraction of sp³-hybridized carbons (Fsp3) is 0.0714. The van der Waals surface area contributed by atoms with Gasteiger partial charge in [0, 0.05) is 10.9 Å². The van der Waals surface area contributed by atoms with Crippen molar-refractivity contribution in [2.45, 2.75) is 16.2 Å². The first-order valence-electron chi connectivity index (χ1n) is 7.05. The molecule has 0 atom stereocenters. The molecule has 0 unspecified atom stereocenters. The number of carbonyl (C=O) groups excluding carboxylic acids is 2. The second-order valence-electron chi connectivity index (χ2n) is 5.35. The van der Waals surface area contributed by atoms with Crippen molar-refractivity contribution in [1.29, 1.82) is 0 Å². The van der Waals surface area contributed by atoms with Gasteiger partial charge in [-0.25, -0.2) is 0 Å². The molecule has 0 saturated carbocycles. The maximum atomic E-state index is 12.3. The minimum atomic E-state index is -4.86. The molecular weight excluding hydrogens is 420 g/mol. The van der Waals surface area contributed by atoms with Gasteiger partial charge in [-0.3, -0.25) is 18.7 Å². The fourth-order valence-corrected chi connectivity index (χ4v) is 4.13. The van der Waals surface area contributed by atoms with E-state index in [9.17, 15) is 31.0 Å². The molecule has 1 aliphatic rings. The SMILES string of the molecule is O=C(C1=NN(c2cc(S(=O)(=O)O)ccc2S(=O)(=O)O)C(=O)C1)c1ccsc1. The van der Waals surface area contributed by atoms with Gasteiger partial charge in [-0.1, -0.05) is 0 Å². The highest BCUT2D eigenvalue weighted by molar-refractivity contribution is 7.86. The lowest BCUT2D eigenvalue weighted by atomic mass is 10.1. The zero-order chi connectivity index (χ0) is 20.0. The number of ketones is 1. The van der Waals surface area contributed by atoms with E-state index in [-0.39, 0.29) is 11.3 Å². The molecule has 0 aliphatic carbocycles. The van der Waals surface area contributed by atoms with Crippen LogP contribution in [-0.4, -0.2) is 43.3 Å². The van der Waals surface area contributed by atoms with E-state index in [0.717, 1.165) is 6.07 Å². The van der Waals surface area contributed by atoms with E-state index in [0.29, 0.717) is 17.1 Å². The smallest absolute Gasteiger partial charge is 0.287 e. The molecule has 2 aromatic rings. The molecule has 2 N–H and O–H groups in total. The quantitative estimate of drug-likeness (QED) is 0.529. The van der Waals surface area contributed by atoms with Crippen LogP contribution in [0.4, 0.5) is 5.69 Å². The lowest BCUT2D eigenvalue weighted by molar-refractivity contribution is -0.116. The molecule has 0 spiro atoms. The van der Waals surface area contributed by atoms with Gasteiger partial charge in [-0.15, -0.1) is 0 Å². The Labute approximate surface area is 157 Å². The first kappa shape index (κ1) is 19.3. The summed E-state index contributed by atoms with van der Waals surface area (Å²) in [5, 5.41) is 7.50. The van der Waals surface area contributed by atoms with Crippen LogP contribution in [0.25, 0.3) is 0 Å². The number of benzene rings is 1. The zero-order valence-electron chi connectivity index (χ0n) is 13.1. The van der Waals surface area contributed by atoms with Crippen molar-refractivity contribution in [3.05, 3.63) is 40.6 Å². The highest BCUT2D eigenvalue weighted by Gasteiger charge is 2.34. The largest absolute Gasteiger partial charge is 0.296 e. The van der Waals surface area contributed by atoms with E-state index in [1.165, 1.54) is 17.4 Å². The molecule has 0 radical (unpaired) electrons. The number of amides is 1. The maximum absolute atomic E-state index is 12.3. The van der Waals surface area contributed by atoms with Crippen LogP contribution in [0, 0.1) is 0 Å². The Bertz CT molecular complexity index is 1180. The summed E-state index contributed by atoms with van der Waals surface area (Å²) in [4.78, 5) is 23.1. The number of rotatable bonds is 5. The van der Waals surface area contributed by atoms with Crippen LogP contribution in [0.1, 0.15) is 16.8 Å². The summed E-state index contributed by atoms with van der Waals surface area (Å²) in [5.41, 5.74) is -0.502. The minimum absolute atomic E-state index is 0.183. The average molecular weight is 430 g/mol. The summed E-state index contributed by atoms with van der Waals surface area (Å²) in [5.74, 6) is -1.36. The van der Waals surface area contributed by atoms with E-state index in [1.807, 2.05) is 0 Å². The standard InChI is InChI=1S/C14H10N2O8S3/c17-13-6-10(14(18)8-3-4-25-7-8)15-16(13)11-5-9(26(19,20)21)1-2-12(11)27(22,23)24/h1-5,7H,6H2,(H,19,20,21)(H,22,23,24). The summed E-state index contributed by atoms with van der Waals surface area (Å²) in [6.07, 6.45) is -0.449. The average Bonchev–Trinajstić information content (AvgIpc) is 3.21. The van der Waals surface area contributed by atoms with Crippen LogP contribution in [-0.2, 0) is 25.0 Å². The molecule has 1 aliphatic heterocycles. The number of thiophene rings is 1. The summed E-state index contributed by atoms with van der Waals surface area (Å²) in [6, 6.07) is 3.63.